The number of aryl methyl sites for hydroxylation is 1. The molecule has 28 heavy (non-hydrogen) atoms. The Balaban J connectivity index is 1.71. The van der Waals surface area contributed by atoms with Gasteiger partial charge in [0, 0.05) is 25.2 Å². The monoisotopic (exact) mass is 392 g/mol. The Hall–Kier alpha value is -2.38. The van der Waals surface area contributed by atoms with Crippen molar-refractivity contribution >= 4 is 5.91 Å². The van der Waals surface area contributed by atoms with Crippen molar-refractivity contribution in [1.82, 2.24) is 10.2 Å². The summed E-state index contributed by atoms with van der Waals surface area (Å²) in [6.45, 7) is 5.16. The van der Waals surface area contributed by atoms with Gasteiger partial charge >= 0.3 is 6.18 Å². The van der Waals surface area contributed by atoms with Crippen LogP contribution in [-0.2, 0) is 10.9 Å². The van der Waals surface area contributed by atoms with E-state index in [4.69, 9.17) is 4.74 Å². The fourth-order valence-electron chi connectivity index (χ4n) is 3.33. The number of amides is 1. The molecule has 0 radical (unpaired) electrons. The lowest BCUT2D eigenvalue weighted by molar-refractivity contribution is -0.137. The third-order valence-corrected chi connectivity index (χ3v) is 4.84. The van der Waals surface area contributed by atoms with Crippen LogP contribution in [0, 0.1) is 6.92 Å². The molecule has 1 saturated heterocycles. The van der Waals surface area contributed by atoms with Crippen LogP contribution in [0.4, 0.5) is 13.2 Å². The first-order valence-corrected chi connectivity index (χ1v) is 9.18. The van der Waals surface area contributed by atoms with Gasteiger partial charge in [0.25, 0.3) is 5.91 Å². The van der Waals surface area contributed by atoms with Gasteiger partial charge < -0.3 is 10.1 Å². The summed E-state index contributed by atoms with van der Waals surface area (Å²) in [6.07, 6.45) is -4.42. The number of nitrogens with one attached hydrogen (secondary N) is 1. The zero-order chi connectivity index (χ0) is 20.1. The second-order valence-electron chi connectivity index (χ2n) is 6.86. The van der Waals surface area contributed by atoms with Crippen molar-refractivity contribution in [2.75, 3.05) is 32.8 Å². The van der Waals surface area contributed by atoms with E-state index >= 15 is 0 Å². The van der Waals surface area contributed by atoms with Gasteiger partial charge in [-0.05, 0) is 36.8 Å². The van der Waals surface area contributed by atoms with Crippen LogP contribution in [0.3, 0.4) is 0 Å². The van der Waals surface area contributed by atoms with E-state index in [1.807, 2.05) is 25.1 Å². The van der Waals surface area contributed by atoms with Gasteiger partial charge in [-0.3, -0.25) is 9.69 Å². The van der Waals surface area contributed by atoms with Crippen LogP contribution in [0.2, 0.25) is 0 Å². The molecule has 3 rings (SSSR count). The maximum absolute atomic E-state index is 12.7. The molecule has 7 heteroatoms. The van der Waals surface area contributed by atoms with Gasteiger partial charge in [0.2, 0.25) is 0 Å². The summed E-state index contributed by atoms with van der Waals surface area (Å²) in [5, 5.41) is 2.87. The number of benzene rings is 2. The topological polar surface area (TPSA) is 41.6 Å². The van der Waals surface area contributed by atoms with Crippen LogP contribution in [0.5, 0.6) is 0 Å². The number of rotatable bonds is 5. The SMILES string of the molecule is Cc1cccc([C@H](CNC(=O)c2ccc(C(F)(F)F)cc2)N2CCOCC2)c1. The predicted molar refractivity (Wildman–Crippen MR) is 100 cm³/mol. The number of nitrogens with zero attached hydrogens (tertiary/aromatic N) is 1. The first-order chi connectivity index (χ1) is 13.3. The average molecular weight is 392 g/mol. The zero-order valence-electron chi connectivity index (χ0n) is 15.6. The number of carbonyl (C=O) groups is 1. The number of hydrogen-bond acceptors (Lipinski definition) is 3. The van der Waals surface area contributed by atoms with Crippen LogP contribution >= 0.6 is 0 Å². The maximum Gasteiger partial charge on any atom is 0.416 e. The molecule has 0 unspecified atom stereocenters. The Morgan fingerprint density at radius 1 is 1.14 bits per heavy atom. The second-order valence-corrected chi connectivity index (χ2v) is 6.86. The normalized spacial score (nSPS) is 16.6. The summed E-state index contributed by atoms with van der Waals surface area (Å²) < 4.78 is 43.5. The number of hydrogen-bond donors (Lipinski definition) is 1. The summed E-state index contributed by atoms with van der Waals surface area (Å²) in [4.78, 5) is 14.7. The molecule has 150 valence electrons. The van der Waals surface area contributed by atoms with Crippen LogP contribution in [0.1, 0.15) is 33.1 Å². The quantitative estimate of drug-likeness (QED) is 0.841. The van der Waals surface area contributed by atoms with E-state index < -0.39 is 11.7 Å². The van der Waals surface area contributed by atoms with E-state index in [1.165, 1.54) is 12.1 Å². The summed E-state index contributed by atoms with van der Waals surface area (Å²) in [5.41, 5.74) is 1.66. The molecule has 2 aromatic carbocycles. The van der Waals surface area contributed by atoms with E-state index in [9.17, 15) is 18.0 Å². The molecular formula is C21H23F3N2O2. The summed E-state index contributed by atoms with van der Waals surface area (Å²) in [7, 11) is 0. The van der Waals surface area contributed by atoms with Crippen molar-refractivity contribution in [2.24, 2.45) is 0 Å². The molecule has 0 bridgehead atoms. The van der Waals surface area contributed by atoms with E-state index in [0.29, 0.717) is 19.8 Å². The predicted octanol–water partition coefficient (Wildman–Crippen LogP) is 3.82. The van der Waals surface area contributed by atoms with E-state index in [-0.39, 0.29) is 17.5 Å². The molecule has 1 fully saturated rings. The highest BCUT2D eigenvalue weighted by atomic mass is 19.4. The molecule has 0 aromatic heterocycles. The second kappa shape index (κ2) is 8.75. The van der Waals surface area contributed by atoms with Crippen LogP contribution < -0.4 is 5.32 Å². The van der Waals surface area contributed by atoms with Crippen LogP contribution in [0.15, 0.2) is 48.5 Å². The molecule has 1 aliphatic rings. The molecule has 0 saturated carbocycles. The number of halogens is 3. The van der Waals surface area contributed by atoms with Gasteiger partial charge in [0.1, 0.15) is 0 Å². The lowest BCUT2D eigenvalue weighted by Crippen LogP contribution is -2.43. The van der Waals surface area contributed by atoms with Crippen LogP contribution in [-0.4, -0.2) is 43.7 Å². The number of morpholine rings is 1. The molecule has 1 heterocycles. The lowest BCUT2D eigenvalue weighted by atomic mass is 10.0. The number of alkyl halides is 3. The fourth-order valence-corrected chi connectivity index (χ4v) is 3.33. The van der Waals surface area contributed by atoms with Gasteiger partial charge in [-0.1, -0.05) is 29.8 Å². The number of carbonyl (C=O) groups excluding carboxylic acids is 1. The minimum atomic E-state index is -4.42. The molecule has 4 nitrogen and oxygen atoms in total. The Bertz CT molecular complexity index is 800. The minimum absolute atomic E-state index is 0.0257. The van der Waals surface area contributed by atoms with Crippen molar-refractivity contribution in [3.63, 3.8) is 0 Å². The maximum atomic E-state index is 12.7. The lowest BCUT2D eigenvalue weighted by Gasteiger charge is -2.35. The van der Waals surface area contributed by atoms with Gasteiger partial charge in [-0.2, -0.15) is 13.2 Å². The average Bonchev–Trinajstić information content (AvgIpc) is 2.68. The first kappa shape index (κ1) is 20.4. The third-order valence-electron chi connectivity index (χ3n) is 4.84. The standard InChI is InChI=1S/C21H23F3N2O2/c1-15-3-2-4-17(13-15)19(26-9-11-28-12-10-26)14-25-20(27)16-5-7-18(8-6-16)21(22,23)24/h2-8,13,19H,9-12,14H2,1H3,(H,25,27)/t19-/m0/s1. The Morgan fingerprint density at radius 3 is 2.43 bits per heavy atom. The summed E-state index contributed by atoms with van der Waals surface area (Å²) >= 11 is 0. The molecule has 1 N–H and O–H groups in total. The molecule has 1 aliphatic heterocycles. The molecule has 2 aromatic rings. The summed E-state index contributed by atoms with van der Waals surface area (Å²) in [5.74, 6) is -0.389. The minimum Gasteiger partial charge on any atom is -0.379 e. The van der Waals surface area contributed by atoms with Crippen molar-refractivity contribution < 1.29 is 22.7 Å². The van der Waals surface area contributed by atoms with Crippen molar-refractivity contribution in [2.45, 2.75) is 19.1 Å². The van der Waals surface area contributed by atoms with E-state index in [2.05, 4.69) is 16.3 Å². The molecule has 1 amide bonds. The first-order valence-electron chi connectivity index (χ1n) is 9.18. The molecular weight excluding hydrogens is 369 g/mol. The smallest absolute Gasteiger partial charge is 0.379 e. The van der Waals surface area contributed by atoms with Crippen LogP contribution in [0.25, 0.3) is 0 Å². The largest absolute Gasteiger partial charge is 0.416 e. The van der Waals surface area contributed by atoms with E-state index in [1.54, 1.807) is 0 Å². The molecule has 1 atom stereocenters. The summed E-state index contributed by atoms with van der Waals surface area (Å²) in [6, 6.07) is 12.3. The Labute approximate surface area is 162 Å². The molecule has 0 aliphatic carbocycles. The highest BCUT2D eigenvalue weighted by molar-refractivity contribution is 5.94. The van der Waals surface area contributed by atoms with E-state index in [0.717, 1.165) is 36.3 Å². The highest BCUT2D eigenvalue weighted by Gasteiger charge is 2.30. The van der Waals surface area contributed by atoms with Crippen molar-refractivity contribution in [3.05, 3.63) is 70.8 Å². The van der Waals surface area contributed by atoms with Gasteiger partial charge in [0.05, 0.1) is 24.8 Å². The Kier molecular flexibility index (Phi) is 6.36. The highest BCUT2D eigenvalue weighted by Crippen LogP contribution is 2.29. The van der Waals surface area contributed by atoms with Crippen molar-refractivity contribution in [3.8, 4) is 0 Å². The van der Waals surface area contributed by atoms with Gasteiger partial charge in [-0.15, -0.1) is 0 Å². The third kappa shape index (κ3) is 5.11. The van der Waals surface area contributed by atoms with Crippen molar-refractivity contribution in [1.29, 1.82) is 0 Å². The number of ether oxygens (including phenoxy) is 1. The zero-order valence-corrected chi connectivity index (χ0v) is 15.6. The fraction of sp³-hybridized carbons (Fsp3) is 0.381. The van der Waals surface area contributed by atoms with Gasteiger partial charge in [0.15, 0.2) is 0 Å². The molecule has 0 spiro atoms. The Morgan fingerprint density at radius 2 is 1.82 bits per heavy atom. The van der Waals surface area contributed by atoms with Gasteiger partial charge in [-0.25, -0.2) is 0 Å².